The van der Waals surface area contributed by atoms with E-state index in [1.165, 1.54) is 18.4 Å². The molecule has 2 rings (SSSR count). The Morgan fingerprint density at radius 1 is 0.864 bits per heavy atom. The first kappa shape index (κ1) is 16.6. The van der Waals surface area contributed by atoms with Crippen LogP contribution in [0, 0.1) is 0 Å². The largest absolute Gasteiger partial charge is 0.494 e. The van der Waals surface area contributed by atoms with Crippen LogP contribution in [0.2, 0.25) is 0 Å². The van der Waals surface area contributed by atoms with E-state index in [4.69, 9.17) is 4.74 Å². The number of hydrogen-bond donors (Lipinski definition) is 1. The van der Waals surface area contributed by atoms with Gasteiger partial charge in [-0.3, -0.25) is 0 Å². The summed E-state index contributed by atoms with van der Waals surface area (Å²) in [5.74, 6) is 0.929. The molecule has 1 atom stereocenters. The van der Waals surface area contributed by atoms with E-state index in [1.807, 2.05) is 31.2 Å². The van der Waals surface area contributed by atoms with Gasteiger partial charge in [-0.25, -0.2) is 0 Å². The third-order valence-corrected chi connectivity index (χ3v) is 3.89. The molecule has 2 nitrogen and oxygen atoms in total. The van der Waals surface area contributed by atoms with E-state index in [-0.39, 0.29) is 6.10 Å². The Morgan fingerprint density at radius 3 is 2.00 bits per heavy atom. The third-order valence-electron chi connectivity index (χ3n) is 3.89. The van der Waals surface area contributed by atoms with Crippen molar-refractivity contribution in [2.24, 2.45) is 0 Å². The molecule has 0 saturated carbocycles. The Morgan fingerprint density at radius 2 is 1.45 bits per heavy atom. The molecule has 2 aromatic carbocycles. The standard InChI is InChI=1S/C20H26O2/c1-3-5-6-15-22-19-13-11-17(12-14-19)16-7-9-18(10-8-16)20(21)4-2/h7-14,20-21H,3-6,15H2,1-2H3. The fraction of sp³-hybridized carbons (Fsp3) is 0.400. The van der Waals surface area contributed by atoms with Gasteiger partial charge in [0.2, 0.25) is 0 Å². The minimum atomic E-state index is -0.368. The Balaban J connectivity index is 1.97. The van der Waals surface area contributed by atoms with Gasteiger partial charge in [-0.05, 0) is 41.7 Å². The summed E-state index contributed by atoms with van der Waals surface area (Å²) in [6, 6.07) is 16.3. The van der Waals surface area contributed by atoms with Crippen molar-refractivity contribution in [1.82, 2.24) is 0 Å². The SMILES string of the molecule is CCCCCOc1ccc(-c2ccc(C(O)CC)cc2)cc1. The molecule has 0 amide bonds. The van der Waals surface area contributed by atoms with Crippen molar-refractivity contribution in [2.45, 2.75) is 45.6 Å². The van der Waals surface area contributed by atoms with Crippen LogP contribution in [0.5, 0.6) is 5.75 Å². The van der Waals surface area contributed by atoms with Gasteiger partial charge in [0.15, 0.2) is 0 Å². The van der Waals surface area contributed by atoms with Crippen molar-refractivity contribution < 1.29 is 9.84 Å². The summed E-state index contributed by atoms with van der Waals surface area (Å²) in [4.78, 5) is 0. The maximum absolute atomic E-state index is 9.83. The number of ether oxygens (including phenoxy) is 1. The number of hydrogen-bond acceptors (Lipinski definition) is 2. The van der Waals surface area contributed by atoms with Crippen molar-refractivity contribution >= 4 is 0 Å². The molecule has 2 heteroatoms. The summed E-state index contributed by atoms with van der Waals surface area (Å²) in [5, 5.41) is 9.83. The van der Waals surface area contributed by atoms with Gasteiger partial charge >= 0.3 is 0 Å². The van der Waals surface area contributed by atoms with Crippen LogP contribution >= 0.6 is 0 Å². The van der Waals surface area contributed by atoms with E-state index in [2.05, 4.69) is 31.2 Å². The molecule has 0 heterocycles. The summed E-state index contributed by atoms with van der Waals surface area (Å²) >= 11 is 0. The molecule has 2 aromatic rings. The van der Waals surface area contributed by atoms with E-state index < -0.39 is 0 Å². The number of benzene rings is 2. The average molecular weight is 298 g/mol. The first-order chi connectivity index (χ1) is 10.7. The van der Waals surface area contributed by atoms with Crippen LogP contribution in [0.3, 0.4) is 0 Å². The smallest absolute Gasteiger partial charge is 0.119 e. The van der Waals surface area contributed by atoms with E-state index in [1.54, 1.807) is 0 Å². The van der Waals surface area contributed by atoms with Gasteiger partial charge < -0.3 is 9.84 Å². The summed E-state index contributed by atoms with van der Waals surface area (Å²) in [7, 11) is 0. The van der Waals surface area contributed by atoms with Crippen LogP contribution in [0.25, 0.3) is 11.1 Å². The highest BCUT2D eigenvalue weighted by molar-refractivity contribution is 5.64. The highest BCUT2D eigenvalue weighted by Gasteiger charge is 2.05. The summed E-state index contributed by atoms with van der Waals surface area (Å²) in [5.41, 5.74) is 3.30. The van der Waals surface area contributed by atoms with E-state index in [0.29, 0.717) is 0 Å². The summed E-state index contributed by atoms with van der Waals surface area (Å²) in [6.45, 7) is 4.97. The molecule has 1 unspecified atom stereocenters. The maximum Gasteiger partial charge on any atom is 0.119 e. The van der Waals surface area contributed by atoms with Gasteiger partial charge in [-0.1, -0.05) is 63.1 Å². The predicted molar refractivity (Wildman–Crippen MR) is 92.1 cm³/mol. The Bertz CT molecular complexity index is 543. The van der Waals surface area contributed by atoms with Crippen molar-refractivity contribution in [1.29, 1.82) is 0 Å². The van der Waals surface area contributed by atoms with Crippen molar-refractivity contribution in [2.75, 3.05) is 6.61 Å². The molecule has 1 N–H and O–H groups in total. The average Bonchev–Trinajstić information content (AvgIpc) is 2.59. The van der Waals surface area contributed by atoms with Crippen molar-refractivity contribution in [3.8, 4) is 16.9 Å². The lowest BCUT2D eigenvalue weighted by molar-refractivity contribution is 0.173. The number of aliphatic hydroxyl groups excluding tert-OH is 1. The first-order valence-corrected chi connectivity index (χ1v) is 8.25. The minimum Gasteiger partial charge on any atom is -0.494 e. The van der Waals surface area contributed by atoms with Crippen LogP contribution in [-0.4, -0.2) is 11.7 Å². The van der Waals surface area contributed by atoms with Crippen LogP contribution in [0.15, 0.2) is 48.5 Å². The molecule has 0 radical (unpaired) electrons. The Hall–Kier alpha value is -1.80. The summed E-state index contributed by atoms with van der Waals surface area (Å²) < 4.78 is 5.73. The zero-order valence-electron chi connectivity index (χ0n) is 13.6. The normalized spacial score (nSPS) is 12.1. The van der Waals surface area contributed by atoms with Gasteiger partial charge in [0.05, 0.1) is 12.7 Å². The van der Waals surface area contributed by atoms with Gasteiger partial charge in [-0.2, -0.15) is 0 Å². The van der Waals surface area contributed by atoms with Gasteiger partial charge in [0.25, 0.3) is 0 Å². The molecule has 22 heavy (non-hydrogen) atoms. The Kier molecular flexibility index (Phi) is 6.47. The molecule has 0 aliphatic carbocycles. The topological polar surface area (TPSA) is 29.5 Å². The third kappa shape index (κ3) is 4.60. The second-order valence-electron chi connectivity index (χ2n) is 5.63. The van der Waals surface area contributed by atoms with Gasteiger partial charge in [0, 0.05) is 0 Å². The monoisotopic (exact) mass is 298 g/mol. The molecule has 0 saturated heterocycles. The van der Waals surface area contributed by atoms with E-state index in [9.17, 15) is 5.11 Å². The zero-order valence-corrected chi connectivity index (χ0v) is 13.6. The second-order valence-corrected chi connectivity index (χ2v) is 5.63. The van der Waals surface area contributed by atoms with Crippen LogP contribution in [0.1, 0.15) is 51.2 Å². The highest BCUT2D eigenvalue weighted by atomic mass is 16.5. The number of aliphatic hydroxyl groups is 1. The summed E-state index contributed by atoms with van der Waals surface area (Å²) in [6.07, 6.45) is 3.91. The molecule has 118 valence electrons. The number of unbranched alkanes of at least 4 members (excludes halogenated alkanes) is 2. The Labute approximate surface area is 133 Å². The van der Waals surface area contributed by atoms with E-state index in [0.717, 1.165) is 36.3 Å². The molecular formula is C20H26O2. The minimum absolute atomic E-state index is 0.368. The molecule has 0 fully saturated rings. The molecular weight excluding hydrogens is 272 g/mol. The van der Waals surface area contributed by atoms with Crippen LogP contribution < -0.4 is 4.74 Å². The first-order valence-electron chi connectivity index (χ1n) is 8.25. The van der Waals surface area contributed by atoms with Crippen LogP contribution in [-0.2, 0) is 0 Å². The van der Waals surface area contributed by atoms with Gasteiger partial charge in [-0.15, -0.1) is 0 Å². The molecule has 0 aliphatic rings. The zero-order chi connectivity index (χ0) is 15.8. The van der Waals surface area contributed by atoms with Crippen LogP contribution in [0.4, 0.5) is 0 Å². The maximum atomic E-state index is 9.83. The lowest BCUT2D eigenvalue weighted by Crippen LogP contribution is -1.96. The predicted octanol–water partition coefficient (Wildman–Crippen LogP) is 5.37. The molecule has 0 aromatic heterocycles. The molecule has 0 bridgehead atoms. The highest BCUT2D eigenvalue weighted by Crippen LogP contribution is 2.25. The number of rotatable bonds is 8. The second kappa shape index (κ2) is 8.60. The molecule has 0 spiro atoms. The van der Waals surface area contributed by atoms with Crippen molar-refractivity contribution in [3.05, 3.63) is 54.1 Å². The lowest BCUT2D eigenvalue weighted by atomic mass is 10.0. The van der Waals surface area contributed by atoms with Gasteiger partial charge in [0.1, 0.15) is 5.75 Å². The quantitative estimate of drug-likeness (QED) is 0.664. The lowest BCUT2D eigenvalue weighted by Gasteiger charge is -2.10. The van der Waals surface area contributed by atoms with Crippen molar-refractivity contribution in [3.63, 3.8) is 0 Å². The fourth-order valence-electron chi connectivity index (χ4n) is 2.42. The molecule has 0 aliphatic heterocycles. The van der Waals surface area contributed by atoms with E-state index >= 15 is 0 Å². The fourth-order valence-corrected chi connectivity index (χ4v) is 2.42.